The molecular formula is C10H17N3O. The van der Waals surface area contributed by atoms with Crippen molar-refractivity contribution in [2.45, 2.75) is 19.5 Å². The summed E-state index contributed by atoms with van der Waals surface area (Å²) in [6.07, 6.45) is 0.574. The quantitative estimate of drug-likeness (QED) is 0.375. The van der Waals surface area contributed by atoms with E-state index in [0.717, 1.165) is 17.7 Å². The molecule has 0 bridgehead atoms. The Morgan fingerprint density at radius 1 is 1.50 bits per heavy atom. The number of nitrogens with two attached hydrogens (primary N) is 2. The number of methoxy groups -OCH3 is 1. The second-order valence-corrected chi connectivity index (χ2v) is 3.07. The molecule has 0 radical (unpaired) electrons. The topological polar surface area (TPSA) is 73.3 Å². The zero-order chi connectivity index (χ0) is 10.6. The van der Waals surface area contributed by atoms with Crippen molar-refractivity contribution in [3.8, 4) is 5.75 Å². The fourth-order valence-corrected chi connectivity index (χ4v) is 1.34. The van der Waals surface area contributed by atoms with Gasteiger partial charge in [-0.3, -0.25) is 5.84 Å². The lowest BCUT2D eigenvalue weighted by atomic mass is 10.1. The van der Waals surface area contributed by atoms with Crippen LogP contribution in [0, 0.1) is 0 Å². The molecule has 78 valence electrons. The van der Waals surface area contributed by atoms with Crippen LogP contribution in [0.15, 0.2) is 18.2 Å². The molecule has 1 rings (SSSR count). The summed E-state index contributed by atoms with van der Waals surface area (Å²) < 4.78 is 5.19. The van der Waals surface area contributed by atoms with Crippen molar-refractivity contribution in [1.29, 1.82) is 0 Å². The third kappa shape index (κ3) is 2.23. The molecule has 1 aromatic rings. The normalized spacial score (nSPS) is 12.6. The molecule has 0 fully saturated rings. The van der Waals surface area contributed by atoms with Gasteiger partial charge >= 0.3 is 0 Å². The average molecular weight is 195 g/mol. The molecule has 4 nitrogen and oxygen atoms in total. The fourth-order valence-electron chi connectivity index (χ4n) is 1.34. The Hall–Kier alpha value is -1.10. The van der Waals surface area contributed by atoms with E-state index < -0.39 is 6.17 Å². The molecule has 5 N–H and O–H groups in total. The Bertz CT molecular complexity index is 301. The van der Waals surface area contributed by atoms with Crippen LogP contribution in [0.25, 0.3) is 0 Å². The van der Waals surface area contributed by atoms with Gasteiger partial charge < -0.3 is 10.5 Å². The number of rotatable bonds is 4. The van der Waals surface area contributed by atoms with Crippen molar-refractivity contribution in [1.82, 2.24) is 5.43 Å². The van der Waals surface area contributed by atoms with E-state index >= 15 is 0 Å². The first kappa shape index (κ1) is 11.0. The Labute approximate surface area is 84.2 Å². The van der Waals surface area contributed by atoms with Gasteiger partial charge in [-0.1, -0.05) is 13.0 Å². The smallest absolute Gasteiger partial charge is 0.125 e. The van der Waals surface area contributed by atoms with Crippen LogP contribution in [0.3, 0.4) is 0 Å². The Kier molecular flexibility index (Phi) is 3.88. The van der Waals surface area contributed by atoms with Crippen molar-refractivity contribution in [2.24, 2.45) is 11.6 Å². The summed E-state index contributed by atoms with van der Waals surface area (Å²) in [6.45, 7) is 2.09. The number of hydrogen-bond donors (Lipinski definition) is 3. The molecule has 1 aromatic carbocycles. The summed E-state index contributed by atoms with van der Waals surface area (Å²) in [6, 6.07) is 5.93. The number of benzene rings is 1. The number of aryl methyl sites for hydroxylation is 1. The van der Waals surface area contributed by atoms with Crippen LogP contribution in [0.2, 0.25) is 0 Å². The van der Waals surface area contributed by atoms with Crippen molar-refractivity contribution < 1.29 is 4.74 Å². The van der Waals surface area contributed by atoms with E-state index in [1.54, 1.807) is 7.11 Å². The van der Waals surface area contributed by atoms with E-state index in [1.165, 1.54) is 5.56 Å². The van der Waals surface area contributed by atoms with E-state index in [0.29, 0.717) is 0 Å². The van der Waals surface area contributed by atoms with E-state index in [2.05, 4.69) is 12.3 Å². The lowest BCUT2D eigenvalue weighted by Crippen LogP contribution is -2.34. The van der Waals surface area contributed by atoms with Gasteiger partial charge in [0.1, 0.15) is 5.75 Å². The molecule has 0 heterocycles. The highest BCUT2D eigenvalue weighted by Crippen LogP contribution is 2.23. The van der Waals surface area contributed by atoms with Crippen LogP contribution in [0.1, 0.15) is 24.2 Å². The highest BCUT2D eigenvalue weighted by molar-refractivity contribution is 5.39. The van der Waals surface area contributed by atoms with Crippen molar-refractivity contribution >= 4 is 0 Å². The number of hydrazine groups is 1. The minimum atomic E-state index is -0.392. The van der Waals surface area contributed by atoms with Crippen LogP contribution in [0.5, 0.6) is 5.75 Å². The molecule has 1 atom stereocenters. The van der Waals surface area contributed by atoms with Gasteiger partial charge in [-0.05, 0) is 24.1 Å². The second kappa shape index (κ2) is 4.95. The molecule has 0 aliphatic rings. The van der Waals surface area contributed by atoms with Crippen LogP contribution < -0.4 is 21.7 Å². The molecule has 14 heavy (non-hydrogen) atoms. The van der Waals surface area contributed by atoms with Crippen molar-refractivity contribution in [2.75, 3.05) is 7.11 Å². The molecule has 1 unspecified atom stereocenters. The molecule has 0 aromatic heterocycles. The molecule has 0 saturated heterocycles. The van der Waals surface area contributed by atoms with E-state index in [1.807, 2.05) is 18.2 Å². The molecule has 0 aliphatic heterocycles. The zero-order valence-electron chi connectivity index (χ0n) is 8.58. The third-order valence-electron chi connectivity index (χ3n) is 2.22. The maximum Gasteiger partial charge on any atom is 0.125 e. The van der Waals surface area contributed by atoms with Crippen LogP contribution in [-0.4, -0.2) is 7.11 Å². The van der Waals surface area contributed by atoms with E-state index in [-0.39, 0.29) is 0 Å². The minimum Gasteiger partial charge on any atom is -0.496 e. The monoisotopic (exact) mass is 195 g/mol. The number of ether oxygens (including phenoxy) is 1. The molecule has 0 amide bonds. The van der Waals surface area contributed by atoms with Gasteiger partial charge in [-0.25, -0.2) is 5.43 Å². The fraction of sp³-hybridized carbons (Fsp3) is 0.400. The van der Waals surface area contributed by atoms with Gasteiger partial charge in [-0.15, -0.1) is 0 Å². The molecule has 0 aliphatic carbocycles. The second-order valence-electron chi connectivity index (χ2n) is 3.07. The first-order valence-corrected chi connectivity index (χ1v) is 4.61. The zero-order valence-corrected chi connectivity index (χ0v) is 8.58. The van der Waals surface area contributed by atoms with Crippen molar-refractivity contribution in [3.05, 3.63) is 29.3 Å². The first-order chi connectivity index (χ1) is 6.72. The van der Waals surface area contributed by atoms with Gasteiger partial charge in [-0.2, -0.15) is 0 Å². The van der Waals surface area contributed by atoms with E-state index in [9.17, 15) is 0 Å². The predicted octanol–water partition coefficient (Wildman–Crippen LogP) is 0.678. The van der Waals surface area contributed by atoms with Gasteiger partial charge in [0.2, 0.25) is 0 Å². The summed E-state index contributed by atoms with van der Waals surface area (Å²) >= 11 is 0. The van der Waals surface area contributed by atoms with E-state index in [4.69, 9.17) is 16.3 Å². The maximum atomic E-state index is 5.78. The third-order valence-corrected chi connectivity index (χ3v) is 2.22. The predicted molar refractivity (Wildman–Crippen MR) is 56.6 cm³/mol. The summed E-state index contributed by atoms with van der Waals surface area (Å²) in [5, 5.41) is 0. The summed E-state index contributed by atoms with van der Waals surface area (Å²) in [4.78, 5) is 0. The SMILES string of the molecule is CCc1ccc(OC)c(C(N)NN)c1. The van der Waals surface area contributed by atoms with Crippen LogP contribution in [-0.2, 0) is 6.42 Å². The Morgan fingerprint density at radius 2 is 2.21 bits per heavy atom. The summed E-state index contributed by atoms with van der Waals surface area (Å²) in [5.74, 6) is 6.05. The lowest BCUT2D eigenvalue weighted by Gasteiger charge is -2.15. The number of nitrogens with one attached hydrogen (secondary N) is 1. The largest absolute Gasteiger partial charge is 0.496 e. The lowest BCUT2D eigenvalue weighted by molar-refractivity contribution is 0.400. The standard InChI is InChI=1S/C10H17N3O/c1-3-7-4-5-9(14-2)8(6-7)10(11)13-12/h4-6,10,13H,3,11-12H2,1-2H3. The molecule has 0 saturated carbocycles. The highest BCUT2D eigenvalue weighted by Gasteiger charge is 2.10. The Morgan fingerprint density at radius 3 is 2.71 bits per heavy atom. The highest BCUT2D eigenvalue weighted by atomic mass is 16.5. The molecule has 4 heteroatoms. The first-order valence-electron chi connectivity index (χ1n) is 4.61. The van der Waals surface area contributed by atoms with Crippen molar-refractivity contribution in [3.63, 3.8) is 0 Å². The summed E-state index contributed by atoms with van der Waals surface area (Å²) in [5.41, 5.74) is 10.4. The van der Waals surface area contributed by atoms with Crippen LogP contribution in [0.4, 0.5) is 0 Å². The van der Waals surface area contributed by atoms with Gasteiger partial charge in [0.05, 0.1) is 13.3 Å². The van der Waals surface area contributed by atoms with Gasteiger partial charge in [0, 0.05) is 5.56 Å². The van der Waals surface area contributed by atoms with Gasteiger partial charge in [0.15, 0.2) is 0 Å². The molecule has 0 spiro atoms. The maximum absolute atomic E-state index is 5.78. The molecular weight excluding hydrogens is 178 g/mol. The van der Waals surface area contributed by atoms with Gasteiger partial charge in [0.25, 0.3) is 0 Å². The Balaban J connectivity index is 3.08. The average Bonchev–Trinajstić information content (AvgIpc) is 2.27. The minimum absolute atomic E-state index is 0.392. The van der Waals surface area contributed by atoms with Crippen LogP contribution >= 0.6 is 0 Å². The summed E-state index contributed by atoms with van der Waals surface area (Å²) in [7, 11) is 1.62. The number of hydrogen-bond acceptors (Lipinski definition) is 4.